The lowest BCUT2D eigenvalue weighted by molar-refractivity contribution is 0.559. The van der Waals surface area contributed by atoms with Crippen molar-refractivity contribution in [2.24, 2.45) is 5.73 Å². The molecule has 1 rings (SSSR count). The number of hydrogen-bond acceptors (Lipinski definition) is 1. The Hall–Kier alpha value is -0.600. The smallest absolute Gasteiger partial charge is 0.128 e. The summed E-state index contributed by atoms with van der Waals surface area (Å²) in [6.45, 7) is 3.92. The zero-order valence-corrected chi connectivity index (χ0v) is 9.40. The van der Waals surface area contributed by atoms with E-state index in [-0.39, 0.29) is 24.3 Å². The van der Waals surface area contributed by atoms with Crippen LogP contribution in [-0.4, -0.2) is 0 Å². The van der Waals surface area contributed by atoms with Crippen LogP contribution >= 0.6 is 12.4 Å². The second kappa shape index (κ2) is 5.99. The van der Waals surface area contributed by atoms with Crippen LogP contribution in [-0.2, 0) is 0 Å². The largest absolute Gasteiger partial charge is 0.324 e. The predicted molar refractivity (Wildman–Crippen MR) is 60.2 cm³/mol. The third-order valence-electron chi connectivity index (χ3n) is 2.16. The standard InChI is InChI=1S/C11H16FN.ClH/c1-3-4-11(13)9-6-5-8(2)7-10(9)12;/h5-7,11H,3-4,13H2,1-2H3;1H/t11-;/m1./s1. The fraction of sp³-hybridized carbons (Fsp3) is 0.455. The summed E-state index contributed by atoms with van der Waals surface area (Å²) in [5.74, 6) is -0.180. The van der Waals surface area contributed by atoms with Crippen LogP contribution in [0, 0.1) is 12.7 Å². The zero-order valence-electron chi connectivity index (χ0n) is 8.59. The monoisotopic (exact) mass is 217 g/mol. The Morgan fingerprint density at radius 3 is 2.57 bits per heavy atom. The van der Waals surface area contributed by atoms with E-state index in [1.807, 2.05) is 19.9 Å². The lowest BCUT2D eigenvalue weighted by Gasteiger charge is -2.11. The number of nitrogens with two attached hydrogens (primary N) is 1. The molecule has 3 heteroatoms. The Labute approximate surface area is 90.9 Å². The Morgan fingerprint density at radius 1 is 1.43 bits per heavy atom. The van der Waals surface area contributed by atoms with E-state index in [1.54, 1.807) is 6.07 Å². The number of hydrogen-bond donors (Lipinski definition) is 1. The van der Waals surface area contributed by atoms with E-state index in [0.29, 0.717) is 5.56 Å². The van der Waals surface area contributed by atoms with E-state index in [1.165, 1.54) is 6.07 Å². The average molecular weight is 218 g/mol. The van der Waals surface area contributed by atoms with E-state index in [9.17, 15) is 4.39 Å². The first-order valence-electron chi connectivity index (χ1n) is 4.66. The number of rotatable bonds is 3. The Balaban J connectivity index is 0.00000169. The van der Waals surface area contributed by atoms with Gasteiger partial charge in [0.2, 0.25) is 0 Å². The molecule has 1 aromatic rings. The van der Waals surface area contributed by atoms with Gasteiger partial charge in [-0.05, 0) is 25.0 Å². The van der Waals surface area contributed by atoms with Crippen LogP contribution in [0.2, 0.25) is 0 Å². The van der Waals surface area contributed by atoms with E-state index in [0.717, 1.165) is 18.4 Å². The lowest BCUT2D eigenvalue weighted by Crippen LogP contribution is -2.11. The molecule has 0 spiro atoms. The maximum absolute atomic E-state index is 13.3. The van der Waals surface area contributed by atoms with Crippen LogP contribution in [0.1, 0.15) is 36.9 Å². The number of halogens is 2. The highest BCUT2D eigenvalue weighted by Crippen LogP contribution is 2.19. The number of benzene rings is 1. The fourth-order valence-corrected chi connectivity index (χ4v) is 1.40. The minimum absolute atomic E-state index is 0. The summed E-state index contributed by atoms with van der Waals surface area (Å²) in [6, 6.07) is 5.05. The van der Waals surface area contributed by atoms with Gasteiger partial charge in [0.15, 0.2) is 0 Å². The van der Waals surface area contributed by atoms with Crippen molar-refractivity contribution in [3.8, 4) is 0 Å². The molecule has 0 saturated heterocycles. The molecule has 0 aliphatic heterocycles. The van der Waals surface area contributed by atoms with Crippen LogP contribution in [0.25, 0.3) is 0 Å². The molecule has 0 aliphatic rings. The topological polar surface area (TPSA) is 26.0 Å². The van der Waals surface area contributed by atoms with Crippen LogP contribution < -0.4 is 5.73 Å². The van der Waals surface area contributed by atoms with Crippen molar-refractivity contribution in [3.05, 3.63) is 35.1 Å². The van der Waals surface area contributed by atoms with Gasteiger partial charge < -0.3 is 5.73 Å². The molecule has 1 aromatic carbocycles. The summed E-state index contributed by atoms with van der Waals surface area (Å²) in [6.07, 6.45) is 1.81. The molecule has 0 unspecified atom stereocenters. The fourth-order valence-electron chi connectivity index (χ4n) is 1.40. The molecule has 2 N–H and O–H groups in total. The molecular formula is C11H17ClFN. The van der Waals surface area contributed by atoms with Crippen LogP contribution in [0.5, 0.6) is 0 Å². The van der Waals surface area contributed by atoms with Gasteiger partial charge in [-0.25, -0.2) is 4.39 Å². The van der Waals surface area contributed by atoms with Gasteiger partial charge in [-0.3, -0.25) is 0 Å². The second-order valence-electron chi connectivity index (χ2n) is 3.42. The maximum Gasteiger partial charge on any atom is 0.128 e. The first kappa shape index (κ1) is 13.4. The summed E-state index contributed by atoms with van der Waals surface area (Å²) in [7, 11) is 0. The maximum atomic E-state index is 13.3. The Bertz CT molecular complexity index is 289. The molecule has 0 amide bonds. The highest BCUT2D eigenvalue weighted by Gasteiger charge is 2.09. The summed E-state index contributed by atoms with van der Waals surface area (Å²) in [4.78, 5) is 0. The molecule has 0 heterocycles. The normalized spacial score (nSPS) is 12.0. The molecule has 80 valence electrons. The summed E-state index contributed by atoms with van der Waals surface area (Å²) in [5.41, 5.74) is 7.38. The predicted octanol–water partition coefficient (Wildman–Crippen LogP) is 3.36. The Kier molecular flexibility index (Phi) is 5.73. The molecule has 14 heavy (non-hydrogen) atoms. The highest BCUT2D eigenvalue weighted by atomic mass is 35.5. The minimum atomic E-state index is -0.180. The van der Waals surface area contributed by atoms with Crippen LogP contribution in [0.3, 0.4) is 0 Å². The first-order valence-corrected chi connectivity index (χ1v) is 4.66. The summed E-state index contributed by atoms with van der Waals surface area (Å²) in [5, 5.41) is 0. The second-order valence-corrected chi connectivity index (χ2v) is 3.42. The molecular weight excluding hydrogens is 201 g/mol. The SMILES string of the molecule is CCC[C@@H](N)c1ccc(C)cc1F.Cl. The molecule has 0 saturated carbocycles. The van der Waals surface area contributed by atoms with Gasteiger partial charge in [0.05, 0.1) is 0 Å². The lowest BCUT2D eigenvalue weighted by atomic mass is 10.0. The van der Waals surface area contributed by atoms with Gasteiger partial charge in [0, 0.05) is 11.6 Å². The van der Waals surface area contributed by atoms with Crippen molar-refractivity contribution in [2.75, 3.05) is 0 Å². The molecule has 0 aliphatic carbocycles. The van der Waals surface area contributed by atoms with Crippen LogP contribution in [0.15, 0.2) is 18.2 Å². The highest BCUT2D eigenvalue weighted by molar-refractivity contribution is 5.85. The quantitative estimate of drug-likeness (QED) is 0.826. The van der Waals surface area contributed by atoms with E-state index in [4.69, 9.17) is 5.73 Å². The van der Waals surface area contributed by atoms with Crippen molar-refractivity contribution in [1.82, 2.24) is 0 Å². The summed E-state index contributed by atoms with van der Waals surface area (Å²) < 4.78 is 13.3. The molecule has 1 atom stereocenters. The van der Waals surface area contributed by atoms with Gasteiger partial charge in [-0.2, -0.15) is 0 Å². The van der Waals surface area contributed by atoms with Crippen molar-refractivity contribution >= 4 is 12.4 Å². The van der Waals surface area contributed by atoms with Crippen molar-refractivity contribution in [1.29, 1.82) is 0 Å². The van der Waals surface area contributed by atoms with E-state index < -0.39 is 0 Å². The Morgan fingerprint density at radius 2 is 2.07 bits per heavy atom. The van der Waals surface area contributed by atoms with Crippen molar-refractivity contribution < 1.29 is 4.39 Å². The van der Waals surface area contributed by atoms with Crippen molar-refractivity contribution in [2.45, 2.75) is 32.7 Å². The van der Waals surface area contributed by atoms with Gasteiger partial charge in [-0.1, -0.05) is 25.5 Å². The molecule has 0 bridgehead atoms. The van der Waals surface area contributed by atoms with Gasteiger partial charge in [-0.15, -0.1) is 12.4 Å². The van der Waals surface area contributed by atoms with Gasteiger partial charge >= 0.3 is 0 Å². The molecule has 0 radical (unpaired) electrons. The van der Waals surface area contributed by atoms with Crippen molar-refractivity contribution in [3.63, 3.8) is 0 Å². The molecule has 1 nitrogen and oxygen atoms in total. The zero-order chi connectivity index (χ0) is 9.84. The third kappa shape index (κ3) is 3.28. The third-order valence-corrected chi connectivity index (χ3v) is 2.16. The van der Waals surface area contributed by atoms with Crippen LogP contribution in [0.4, 0.5) is 4.39 Å². The molecule has 0 aromatic heterocycles. The first-order chi connectivity index (χ1) is 6.15. The van der Waals surface area contributed by atoms with Gasteiger partial charge in [0.1, 0.15) is 5.82 Å². The minimum Gasteiger partial charge on any atom is -0.324 e. The van der Waals surface area contributed by atoms with E-state index in [2.05, 4.69) is 0 Å². The summed E-state index contributed by atoms with van der Waals surface area (Å²) >= 11 is 0. The number of aryl methyl sites for hydroxylation is 1. The van der Waals surface area contributed by atoms with Gasteiger partial charge in [0.25, 0.3) is 0 Å². The van der Waals surface area contributed by atoms with E-state index >= 15 is 0 Å². The molecule has 0 fully saturated rings. The average Bonchev–Trinajstić information content (AvgIpc) is 2.04.